The van der Waals surface area contributed by atoms with Crippen LogP contribution in [0.5, 0.6) is 5.75 Å². The number of methoxy groups -OCH3 is 1. The van der Waals surface area contributed by atoms with E-state index in [2.05, 4.69) is 21.5 Å². The number of nitrogen functional groups attached to an aromatic ring is 1. The van der Waals surface area contributed by atoms with E-state index in [1.165, 1.54) is 18.2 Å². The summed E-state index contributed by atoms with van der Waals surface area (Å²) in [5.74, 6) is 1.44. The van der Waals surface area contributed by atoms with Gasteiger partial charge in [0, 0.05) is 23.6 Å². The summed E-state index contributed by atoms with van der Waals surface area (Å²) >= 11 is 0. The summed E-state index contributed by atoms with van der Waals surface area (Å²) in [6, 6.07) is 11.9. The maximum absolute atomic E-state index is 11.3. The van der Waals surface area contributed by atoms with Gasteiger partial charge in [-0.3, -0.25) is 4.79 Å². The third kappa shape index (κ3) is 5.17. The number of carbonyl (C=O) groups excluding carboxylic acids is 1. The number of rotatable bonds is 9. The molecule has 4 rings (SSSR count). The van der Waals surface area contributed by atoms with Crippen LogP contribution in [0.4, 0.5) is 5.69 Å². The van der Waals surface area contributed by atoms with Crippen LogP contribution >= 0.6 is 0 Å². The second kappa shape index (κ2) is 10.0. The second-order valence-electron chi connectivity index (χ2n) is 8.44. The van der Waals surface area contributed by atoms with Crippen molar-refractivity contribution in [2.45, 2.75) is 51.7 Å². The fraction of sp³-hybridized carbons (Fsp3) is 0.400. The van der Waals surface area contributed by atoms with Crippen LogP contribution in [0.1, 0.15) is 50.3 Å². The van der Waals surface area contributed by atoms with E-state index < -0.39 is 0 Å². The maximum atomic E-state index is 11.3. The van der Waals surface area contributed by atoms with Gasteiger partial charge in [0.25, 0.3) is 5.89 Å². The van der Waals surface area contributed by atoms with Crippen molar-refractivity contribution in [1.29, 1.82) is 0 Å². The van der Waals surface area contributed by atoms with Gasteiger partial charge in [0.15, 0.2) is 0 Å². The third-order valence-corrected chi connectivity index (χ3v) is 5.73. The molecular weight excluding hydrogens is 420 g/mol. The van der Waals surface area contributed by atoms with Crippen molar-refractivity contribution in [3.8, 4) is 28.6 Å². The maximum Gasteiger partial charge on any atom is 0.305 e. The number of nitrogens with two attached hydrogens (primary N) is 1. The molecule has 1 aliphatic carbocycles. The van der Waals surface area contributed by atoms with Crippen molar-refractivity contribution in [3.05, 3.63) is 47.5 Å². The number of aromatic nitrogens is 2. The molecule has 0 fully saturated rings. The van der Waals surface area contributed by atoms with Crippen LogP contribution in [-0.2, 0) is 16.0 Å². The summed E-state index contributed by atoms with van der Waals surface area (Å²) in [6.07, 6.45) is 3.13. The number of carbonyl (C=O) groups is 1. The predicted octanol–water partition coefficient (Wildman–Crippen LogP) is 4.30. The van der Waals surface area contributed by atoms with Gasteiger partial charge in [0.05, 0.1) is 18.9 Å². The smallest absolute Gasteiger partial charge is 0.305 e. The quantitative estimate of drug-likeness (QED) is 0.282. The monoisotopic (exact) mass is 450 g/mol. The van der Waals surface area contributed by atoms with Gasteiger partial charge in [0.2, 0.25) is 5.82 Å². The molecule has 0 radical (unpaired) electrons. The number of benzene rings is 2. The molecule has 174 valence electrons. The zero-order valence-corrected chi connectivity index (χ0v) is 19.3. The van der Waals surface area contributed by atoms with E-state index in [0.29, 0.717) is 29.6 Å². The number of hydrogen-bond acceptors (Lipinski definition) is 8. The van der Waals surface area contributed by atoms with Gasteiger partial charge >= 0.3 is 5.97 Å². The van der Waals surface area contributed by atoms with Gasteiger partial charge in [-0.15, -0.1) is 0 Å². The number of nitrogens with one attached hydrogen (secondary N) is 1. The molecule has 8 nitrogen and oxygen atoms in total. The Morgan fingerprint density at radius 2 is 2.15 bits per heavy atom. The number of hydrogen-bond donors (Lipinski definition) is 2. The highest BCUT2D eigenvalue weighted by Crippen LogP contribution is 2.37. The fourth-order valence-corrected chi connectivity index (χ4v) is 4.18. The summed E-state index contributed by atoms with van der Waals surface area (Å²) in [5, 5.41) is 7.79. The SMILES string of the molecule is COC(=O)CCCN[C@H]1CCc2c(-c3noc(-c4ccc(OC(C)C)c(N)c4)n3)cccc21. The summed E-state index contributed by atoms with van der Waals surface area (Å²) in [4.78, 5) is 15.9. The Balaban J connectivity index is 1.49. The van der Waals surface area contributed by atoms with E-state index in [0.717, 1.165) is 36.9 Å². The molecular formula is C25H30N4O4. The first-order valence-corrected chi connectivity index (χ1v) is 11.3. The molecule has 33 heavy (non-hydrogen) atoms. The number of anilines is 1. The van der Waals surface area contributed by atoms with Crippen molar-refractivity contribution in [3.63, 3.8) is 0 Å². The molecule has 0 saturated heterocycles. The fourth-order valence-electron chi connectivity index (χ4n) is 4.18. The van der Waals surface area contributed by atoms with Crippen molar-refractivity contribution in [2.75, 3.05) is 19.4 Å². The normalized spacial score (nSPS) is 15.0. The molecule has 1 aromatic heterocycles. The Labute approximate surface area is 193 Å². The molecule has 1 aliphatic rings. The van der Waals surface area contributed by atoms with Crippen LogP contribution in [0.15, 0.2) is 40.9 Å². The van der Waals surface area contributed by atoms with Gasteiger partial charge in [-0.1, -0.05) is 23.4 Å². The highest BCUT2D eigenvalue weighted by Gasteiger charge is 2.26. The first-order chi connectivity index (χ1) is 16.0. The highest BCUT2D eigenvalue weighted by atomic mass is 16.5. The Kier molecular flexibility index (Phi) is 6.93. The van der Waals surface area contributed by atoms with Gasteiger partial charge in [-0.2, -0.15) is 4.98 Å². The average Bonchev–Trinajstić information content (AvgIpc) is 3.45. The Hall–Kier alpha value is -3.39. The summed E-state index contributed by atoms with van der Waals surface area (Å²) in [6.45, 7) is 4.67. The molecule has 3 aromatic rings. The molecule has 2 aromatic carbocycles. The average molecular weight is 451 g/mol. The Morgan fingerprint density at radius 3 is 2.91 bits per heavy atom. The summed E-state index contributed by atoms with van der Waals surface area (Å²) in [7, 11) is 1.42. The van der Waals surface area contributed by atoms with Gasteiger partial charge in [-0.25, -0.2) is 0 Å². The minimum Gasteiger partial charge on any atom is -0.489 e. The van der Waals surface area contributed by atoms with E-state index in [4.69, 9.17) is 19.7 Å². The van der Waals surface area contributed by atoms with Crippen LogP contribution in [0.25, 0.3) is 22.8 Å². The molecule has 8 heteroatoms. The number of fused-ring (bicyclic) bond motifs is 1. The van der Waals surface area contributed by atoms with Crippen LogP contribution < -0.4 is 15.8 Å². The van der Waals surface area contributed by atoms with Crippen molar-refractivity contribution < 1.29 is 18.8 Å². The molecule has 1 heterocycles. The summed E-state index contributed by atoms with van der Waals surface area (Å²) in [5.41, 5.74) is 10.9. The zero-order valence-electron chi connectivity index (χ0n) is 19.3. The second-order valence-corrected chi connectivity index (χ2v) is 8.44. The molecule has 0 bridgehead atoms. The van der Waals surface area contributed by atoms with Crippen LogP contribution in [0, 0.1) is 0 Å². The van der Waals surface area contributed by atoms with E-state index in [9.17, 15) is 4.79 Å². The molecule has 1 atom stereocenters. The third-order valence-electron chi connectivity index (χ3n) is 5.73. The first kappa shape index (κ1) is 22.8. The number of ether oxygens (including phenoxy) is 2. The largest absolute Gasteiger partial charge is 0.489 e. The Bertz CT molecular complexity index is 1130. The van der Waals surface area contributed by atoms with Gasteiger partial charge in [0.1, 0.15) is 5.75 Å². The Morgan fingerprint density at radius 1 is 1.30 bits per heavy atom. The van der Waals surface area contributed by atoms with Crippen molar-refractivity contribution in [2.24, 2.45) is 0 Å². The molecule has 0 unspecified atom stereocenters. The summed E-state index contributed by atoms with van der Waals surface area (Å²) < 4.78 is 16.0. The van der Waals surface area contributed by atoms with Crippen LogP contribution in [0.2, 0.25) is 0 Å². The van der Waals surface area contributed by atoms with E-state index in [1.807, 2.05) is 38.1 Å². The molecule has 0 spiro atoms. The highest BCUT2D eigenvalue weighted by molar-refractivity contribution is 5.69. The minimum atomic E-state index is -0.178. The lowest BCUT2D eigenvalue weighted by Crippen LogP contribution is -2.21. The molecule has 0 amide bonds. The zero-order chi connectivity index (χ0) is 23.4. The first-order valence-electron chi connectivity index (χ1n) is 11.3. The van der Waals surface area contributed by atoms with Gasteiger partial charge < -0.3 is 25.0 Å². The van der Waals surface area contributed by atoms with E-state index >= 15 is 0 Å². The lowest BCUT2D eigenvalue weighted by atomic mass is 10.0. The molecule has 0 saturated carbocycles. The predicted molar refractivity (Wildman–Crippen MR) is 126 cm³/mol. The minimum absolute atomic E-state index is 0.0412. The molecule has 3 N–H and O–H groups in total. The van der Waals surface area contributed by atoms with E-state index in [-0.39, 0.29) is 18.1 Å². The van der Waals surface area contributed by atoms with Crippen molar-refractivity contribution >= 4 is 11.7 Å². The standard InChI is InChI=1S/C25H30N4O4/c1-15(2)32-22-12-9-16(14-20(22)26)25-28-24(29-33-25)19-7-4-6-18-17(19)10-11-21(18)27-13-5-8-23(30)31-3/h4,6-7,9,12,14-15,21,27H,5,8,10-11,13,26H2,1-3H3/t21-/m0/s1. The van der Waals surface area contributed by atoms with E-state index in [1.54, 1.807) is 6.07 Å². The van der Waals surface area contributed by atoms with Crippen LogP contribution in [-0.4, -0.2) is 35.9 Å². The lowest BCUT2D eigenvalue weighted by molar-refractivity contribution is -0.140. The molecule has 0 aliphatic heterocycles. The number of esters is 1. The van der Waals surface area contributed by atoms with Gasteiger partial charge in [-0.05, 0) is 69.0 Å². The number of nitrogens with zero attached hydrogens (tertiary/aromatic N) is 2. The lowest BCUT2D eigenvalue weighted by Gasteiger charge is -2.14. The topological polar surface area (TPSA) is 112 Å². The van der Waals surface area contributed by atoms with Crippen molar-refractivity contribution in [1.82, 2.24) is 15.5 Å². The van der Waals surface area contributed by atoms with Crippen LogP contribution in [0.3, 0.4) is 0 Å².